The van der Waals surface area contributed by atoms with Crippen molar-refractivity contribution in [3.05, 3.63) is 106 Å². The number of benzene rings is 3. The van der Waals surface area contributed by atoms with E-state index in [2.05, 4.69) is 16.8 Å². The van der Waals surface area contributed by atoms with Gasteiger partial charge in [0.05, 0.1) is 21.5 Å². The molecular weight excluding hydrogens is 742 g/mol. The number of aromatic hydroxyl groups is 1. The quantitative estimate of drug-likeness (QED) is 0.0592. The first-order valence-corrected chi connectivity index (χ1v) is 20.7. The molecule has 0 spiro atoms. The van der Waals surface area contributed by atoms with E-state index in [1.807, 2.05) is 55.5 Å². The second-order valence-electron chi connectivity index (χ2n) is 15.6. The summed E-state index contributed by atoms with van der Waals surface area (Å²) in [6, 6.07) is 20.1. The van der Waals surface area contributed by atoms with Gasteiger partial charge in [-0.25, -0.2) is 13.4 Å². The van der Waals surface area contributed by atoms with Crippen molar-refractivity contribution in [3.8, 4) is 23.3 Å². The van der Waals surface area contributed by atoms with Gasteiger partial charge in [-0.2, -0.15) is 0 Å². The molecule has 1 saturated heterocycles. The molecular formula is C43H50N3NaO8S. The standard InChI is InChI=1S/C43H51N3O8S.Na/c1-2-27-24-39(55(50,51)52)38-23-32-20-31(22-36-19-26(25-48)5-3-6-30-21-34(49)13-16-37(30)41(32)53-36)40(38)29-7-11-33(12-8-29)43(17-4-18-47,46-42(44)45)54-35-14-9-28(27)10-15-35;/h7-16,21,23,26-27,31,36,38-41,47-49H,2,4-5,17-20,22,24-25H2,1H3,(H4,44,45,46)(H,50,51,52);/q;+1/p-1/t26-,27+,31+,36-,38-,39-,40+,41-,43-;/m1./s1. The number of ether oxygens (including phenoxy) is 2. The van der Waals surface area contributed by atoms with Crippen LogP contribution in [0.4, 0.5) is 0 Å². The van der Waals surface area contributed by atoms with Gasteiger partial charge in [0.15, 0.2) is 5.96 Å². The van der Waals surface area contributed by atoms with Crippen LogP contribution in [0.3, 0.4) is 0 Å². The van der Waals surface area contributed by atoms with Gasteiger partial charge < -0.3 is 40.8 Å². The number of nitrogens with two attached hydrogens (primary N) is 2. The summed E-state index contributed by atoms with van der Waals surface area (Å²) in [4.78, 5) is 4.62. The van der Waals surface area contributed by atoms with Crippen molar-refractivity contribution in [3.63, 3.8) is 0 Å². The number of hydrogen-bond donors (Lipinski definition) is 5. The summed E-state index contributed by atoms with van der Waals surface area (Å²) in [5.74, 6) is 5.17. The van der Waals surface area contributed by atoms with Crippen LogP contribution in [0, 0.1) is 29.6 Å². The van der Waals surface area contributed by atoms with Crippen molar-refractivity contribution >= 4 is 16.1 Å². The number of nitrogens with zero attached hydrogens (tertiary/aromatic N) is 1. The summed E-state index contributed by atoms with van der Waals surface area (Å²) in [7, 11) is -4.85. The number of phenols is 1. The zero-order valence-electron chi connectivity index (χ0n) is 32.0. The van der Waals surface area contributed by atoms with E-state index in [9.17, 15) is 28.3 Å². The number of fused-ring (bicyclic) bond motifs is 7. The molecule has 1 fully saturated rings. The van der Waals surface area contributed by atoms with Crippen molar-refractivity contribution in [2.45, 2.75) is 93.3 Å². The average Bonchev–Trinajstić information content (AvgIpc) is 3.29. The van der Waals surface area contributed by atoms with Crippen molar-refractivity contribution in [2.24, 2.45) is 34.2 Å². The Morgan fingerprint density at radius 2 is 1.75 bits per heavy atom. The number of aliphatic hydroxyl groups is 2. The normalized spacial score (nSPS) is 29.5. The van der Waals surface area contributed by atoms with E-state index in [-0.39, 0.29) is 97.1 Å². The van der Waals surface area contributed by atoms with Crippen molar-refractivity contribution in [1.29, 1.82) is 0 Å². The molecule has 6 aliphatic heterocycles. The van der Waals surface area contributed by atoms with Crippen molar-refractivity contribution in [2.75, 3.05) is 13.2 Å². The molecule has 11 nitrogen and oxygen atoms in total. The summed E-state index contributed by atoms with van der Waals surface area (Å²) >= 11 is 0. The first-order valence-electron chi connectivity index (χ1n) is 19.3. The number of phenolic OH excluding ortho intramolecular Hbond substituents is 1. The molecule has 9 atom stereocenters. The van der Waals surface area contributed by atoms with Gasteiger partial charge >= 0.3 is 29.6 Å². The monoisotopic (exact) mass is 791 g/mol. The van der Waals surface area contributed by atoms with E-state index in [0.29, 0.717) is 55.4 Å². The number of hydrogen-bond acceptors (Lipinski definition) is 9. The molecule has 0 unspecified atom stereocenters. The van der Waals surface area contributed by atoms with Crippen LogP contribution in [0.2, 0.25) is 0 Å². The largest absolute Gasteiger partial charge is 1.00 e. The third-order valence-electron chi connectivity index (χ3n) is 12.0. The van der Waals surface area contributed by atoms with E-state index in [1.165, 1.54) is 0 Å². The van der Waals surface area contributed by atoms with E-state index < -0.39 is 33.1 Å². The van der Waals surface area contributed by atoms with E-state index in [4.69, 9.17) is 20.9 Å². The SMILES string of the molecule is CC[C@H]1C[C@@H](S(=O)(=O)[O-])[C@H]2C=C3C[C@@H](C[C@H]4C[C@H](CO)CC#Cc5cc(O)ccc5[C@@H]3O4)[C@@H]2c2ccc(cc2)[C@](CCCO)(N=C(N)N)Oc2ccc1cc2.[Na+]. The molecule has 10 rings (SSSR count). The van der Waals surface area contributed by atoms with Gasteiger partial charge in [-0.1, -0.05) is 67.3 Å². The molecule has 1 aliphatic carbocycles. The van der Waals surface area contributed by atoms with Gasteiger partial charge in [-0.3, -0.25) is 0 Å². The predicted molar refractivity (Wildman–Crippen MR) is 208 cm³/mol. The molecule has 8 bridgehead atoms. The summed E-state index contributed by atoms with van der Waals surface area (Å²) < 4.78 is 54.7. The molecule has 7 N–H and O–H groups in total. The summed E-state index contributed by atoms with van der Waals surface area (Å²) in [5.41, 5.74) is 15.3. The van der Waals surface area contributed by atoms with Gasteiger partial charge in [-0.05, 0) is 109 Å². The Morgan fingerprint density at radius 1 is 1.02 bits per heavy atom. The Morgan fingerprint density at radius 3 is 2.41 bits per heavy atom. The second kappa shape index (κ2) is 17.6. The van der Waals surface area contributed by atoms with Crippen molar-refractivity contribution in [1.82, 2.24) is 0 Å². The molecule has 0 radical (unpaired) electrons. The number of rotatable bonds is 7. The van der Waals surface area contributed by atoms with E-state index in [0.717, 1.165) is 22.3 Å². The number of aliphatic imine (C=N–C) groups is 1. The molecule has 6 heterocycles. The first kappa shape index (κ1) is 42.2. The fraction of sp³-hybridized carbons (Fsp3) is 0.465. The van der Waals surface area contributed by atoms with Crippen LogP contribution in [0.5, 0.6) is 11.5 Å². The summed E-state index contributed by atoms with van der Waals surface area (Å²) in [6.07, 6.45) is 4.57. The maximum absolute atomic E-state index is 13.7. The Bertz CT molecular complexity index is 2100. The van der Waals surface area contributed by atoms with E-state index >= 15 is 0 Å². The molecule has 0 amide bonds. The number of aliphatic hydroxyl groups excluding tert-OH is 2. The van der Waals surface area contributed by atoms with Crippen LogP contribution in [0.1, 0.15) is 104 Å². The third kappa shape index (κ3) is 8.86. The summed E-state index contributed by atoms with van der Waals surface area (Å²) in [6.45, 7) is 1.82. The molecule has 0 aromatic heterocycles. The van der Waals surface area contributed by atoms with Crippen LogP contribution in [-0.4, -0.2) is 58.8 Å². The Labute approximate surface area is 351 Å². The molecule has 3 aromatic rings. The van der Waals surface area contributed by atoms with Gasteiger partial charge in [0.2, 0.25) is 5.72 Å². The van der Waals surface area contributed by atoms with Crippen LogP contribution in [0.25, 0.3) is 0 Å². The molecule has 292 valence electrons. The third-order valence-corrected chi connectivity index (χ3v) is 13.3. The fourth-order valence-corrected chi connectivity index (χ4v) is 10.6. The minimum Gasteiger partial charge on any atom is -0.748 e. The molecule has 13 heteroatoms. The smallest absolute Gasteiger partial charge is 0.748 e. The van der Waals surface area contributed by atoms with Crippen molar-refractivity contribution < 1.29 is 67.3 Å². The summed E-state index contributed by atoms with van der Waals surface area (Å²) in [5, 5.41) is 29.5. The fourth-order valence-electron chi connectivity index (χ4n) is 9.46. The van der Waals surface area contributed by atoms with Crippen LogP contribution in [0.15, 0.2) is 83.4 Å². The Hall–Kier alpha value is -3.38. The zero-order valence-corrected chi connectivity index (χ0v) is 34.8. The van der Waals surface area contributed by atoms with Crippen LogP contribution >= 0.6 is 0 Å². The van der Waals surface area contributed by atoms with Gasteiger partial charge in [-0.15, -0.1) is 0 Å². The Balaban J connectivity index is 0.00000532. The predicted octanol–water partition coefficient (Wildman–Crippen LogP) is 2.42. The topological polar surface area (TPSA) is 201 Å². The minimum absolute atomic E-state index is 0. The van der Waals surface area contributed by atoms with E-state index in [1.54, 1.807) is 24.3 Å². The first-order chi connectivity index (χ1) is 26.4. The number of allylic oxidation sites excluding steroid dienone is 1. The van der Waals surface area contributed by atoms with Gasteiger partial charge in [0.1, 0.15) is 17.6 Å². The Kier molecular flexibility index (Phi) is 13.3. The molecule has 7 aliphatic rings. The van der Waals surface area contributed by atoms with Gasteiger partial charge in [0.25, 0.3) is 0 Å². The van der Waals surface area contributed by atoms with Crippen LogP contribution < -0.4 is 45.8 Å². The van der Waals surface area contributed by atoms with Crippen LogP contribution in [-0.2, 0) is 20.6 Å². The molecule has 3 aromatic carbocycles. The maximum Gasteiger partial charge on any atom is 1.00 e. The number of guanidine groups is 1. The van der Waals surface area contributed by atoms with Gasteiger partial charge in [0, 0.05) is 42.7 Å². The molecule has 0 saturated carbocycles. The zero-order chi connectivity index (χ0) is 38.9. The minimum atomic E-state index is -4.85. The second-order valence-corrected chi connectivity index (χ2v) is 17.1. The average molecular weight is 792 g/mol. The molecule has 56 heavy (non-hydrogen) atoms. The maximum atomic E-state index is 13.7.